The number of fused-ring (bicyclic) bond motifs is 1. The van der Waals surface area contributed by atoms with Gasteiger partial charge in [-0.3, -0.25) is 0 Å². The van der Waals surface area contributed by atoms with Crippen molar-refractivity contribution in [1.29, 1.82) is 0 Å². The molecule has 0 spiro atoms. The van der Waals surface area contributed by atoms with Crippen molar-refractivity contribution in [1.82, 2.24) is 4.31 Å². The Morgan fingerprint density at radius 1 is 1.00 bits per heavy atom. The van der Waals surface area contributed by atoms with Gasteiger partial charge in [0.1, 0.15) is 0 Å². The average molecular weight is 353 g/mol. The van der Waals surface area contributed by atoms with Crippen molar-refractivity contribution in [3.63, 3.8) is 0 Å². The lowest BCUT2D eigenvalue weighted by Gasteiger charge is -2.41. The predicted octanol–water partition coefficient (Wildman–Crippen LogP) is 4.12. The Balaban J connectivity index is 1.65. The van der Waals surface area contributed by atoms with E-state index < -0.39 is 10.0 Å². The minimum atomic E-state index is -3.46. The summed E-state index contributed by atoms with van der Waals surface area (Å²) in [5.74, 6) is 0.752. The van der Waals surface area contributed by atoms with Crippen LogP contribution in [0, 0.1) is 12.8 Å². The Hall–Kier alpha value is -1.91. The summed E-state index contributed by atoms with van der Waals surface area (Å²) in [5, 5.41) is 0. The standard InChI is InChI=1S/C21H23NO2S/c1-16-10-12-18(13-11-16)25(23,24)22-15-14-19(17-6-3-2-4-7-17)20-8-5-9-21(20)22/h2-7,9-13,19-21H,8,14-15H2,1H3/t19-,20-,21-/m0/s1. The van der Waals surface area contributed by atoms with Crippen molar-refractivity contribution in [2.45, 2.75) is 36.6 Å². The zero-order valence-electron chi connectivity index (χ0n) is 14.4. The van der Waals surface area contributed by atoms with E-state index in [0.29, 0.717) is 23.3 Å². The van der Waals surface area contributed by atoms with Crippen LogP contribution in [0.1, 0.15) is 29.9 Å². The lowest BCUT2D eigenvalue weighted by molar-refractivity contribution is 0.196. The summed E-state index contributed by atoms with van der Waals surface area (Å²) in [6.07, 6.45) is 6.06. The Morgan fingerprint density at radius 3 is 2.44 bits per heavy atom. The minimum Gasteiger partial charge on any atom is -0.207 e. The maximum absolute atomic E-state index is 13.2. The number of aryl methyl sites for hydroxylation is 1. The zero-order chi connectivity index (χ0) is 17.4. The van der Waals surface area contributed by atoms with Crippen LogP contribution in [0.25, 0.3) is 0 Å². The van der Waals surface area contributed by atoms with E-state index in [1.807, 2.05) is 25.1 Å². The number of hydrogen-bond donors (Lipinski definition) is 0. The molecular weight excluding hydrogens is 330 g/mol. The molecule has 0 N–H and O–H groups in total. The molecule has 3 atom stereocenters. The second kappa shape index (κ2) is 6.43. The van der Waals surface area contributed by atoms with Crippen LogP contribution in [0.2, 0.25) is 0 Å². The van der Waals surface area contributed by atoms with Gasteiger partial charge in [-0.15, -0.1) is 0 Å². The molecular formula is C21H23NO2S. The van der Waals surface area contributed by atoms with Gasteiger partial charge in [-0.2, -0.15) is 4.31 Å². The maximum Gasteiger partial charge on any atom is 0.243 e. The second-order valence-electron chi connectivity index (χ2n) is 7.05. The first-order valence-electron chi connectivity index (χ1n) is 8.87. The second-order valence-corrected chi connectivity index (χ2v) is 8.94. The van der Waals surface area contributed by atoms with Crippen LogP contribution < -0.4 is 0 Å². The van der Waals surface area contributed by atoms with E-state index in [0.717, 1.165) is 18.4 Å². The van der Waals surface area contributed by atoms with Crippen molar-refractivity contribution in [3.05, 3.63) is 77.9 Å². The first kappa shape index (κ1) is 16.6. The van der Waals surface area contributed by atoms with Gasteiger partial charge in [0.25, 0.3) is 0 Å². The molecule has 1 aliphatic heterocycles. The molecule has 0 radical (unpaired) electrons. The fourth-order valence-corrected chi connectivity index (χ4v) is 5.88. The molecule has 1 fully saturated rings. The first-order valence-corrected chi connectivity index (χ1v) is 10.3. The molecule has 0 saturated carbocycles. The van der Waals surface area contributed by atoms with Crippen molar-refractivity contribution in [2.75, 3.05) is 6.54 Å². The number of piperidine rings is 1. The molecule has 25 heavy (non-hydrogen) atoms. The molecule has 0 unspecified atom stereocenters. The normalized spacial score (nSPS) is 26.5. The summed E-state index contributed by atoms with van der Waals surface area (Å²) in [5.41, 5.74) is 2.40. The fourth-order valence-electron chi connectivity index (χ4n) is 4.24. The molecule has 4 rings (SSSR count). The number of hydrogen-bond acceptors (Lipinski definition) is 2. The quantitative estimate of drug-likeness (QED) is 0.779. The van der Waals surface area contributed by atoms with Gasteiger partial charge in [-0.25, -0.2) is 8.42 Å². The number of sulfonamides is 1. The van der Waals surface area contributed by atoms with Crippen LogP contribution in [0.4, 0.5) is 0 Å². The van der Waals surface area contributed by atoms with Crippen LogP contribution in [0.5, 0.6) is 0 Å². The summed E-state index contributed by atoms with van der Waals surface area (Å²) < 4.78 is 28.1. The van der Waals surface area contributed by atoms with Gasteiger partial charge in [0.05, 0.1) is 4.90 Å². The highest BCUT2D eigenvalue weighted by Gasteiger charge is 2.44. The van der Waals surface area contributed by atoms with Gasteiger partial charge in [-0.1, -0.05) is 60.2 Å². The first-order chi connectivity index (χ1) is 12.1. The average Bonchev–Trinajstić information content (AvgIpc) is 3.11. The summed E-state index contributed by atoms with van der Waals surface area (Å²) in [4.78, 5) is 0.398. The maximum atomic E-state index is 13.2. The predicted molar refractivity (Wildman–Crippen MR) is 99.9 cm³/mol. The van der Waals surface area contributed by atoms with Crippen LogP contribution in [-0.2, 0) is 10.0 Å². The third kappa shape index (κ3) is 2.94. The molecule has 2 aromatic rings. The third-order valence-electron chi connectivity index (χ3n) is 5.55. The largest absolute Gasteiger partial charge is 0.243 e. The van der Waals surface area contributed by atoms with E-state index in [-0.39, 0.29) is 6.04 Å². The molecule has 3 nitrogen and oxygen atoms in total. The molecule has 0 amide bonds. The monoisotopic (exact) mass is 353 g/mol. The number of nitrogens with zero attached hydrogens (tertiary/aromatic N) is 1. The lowest BCUT2D eigenvalue weighted by Crippen LogP contribution is -2.48. The van der Waals surface area contributed by atoms with Crippen molar-refractivity contribution in [2.24, 2.45) is 5.92 Å². The van der Waals surface area contributed by atoms with Crippen molar-refractivity contribution >= 4 is 10.0 Å². The molecule has 4 heteroatoms. The van der Waals surface area contributed by atoms with Crippen molar-refractivity contribution < 1.29 is 8.42 Å². The van der Waals surface area contributed by atoms with Gasteiger partial charge in [0.2, 0.25) is 10.0 Å². The third-order valence-corrected chi connectivity index (χ3v) is 7.46. The molecule has 1 saturated heterocycles. The molecule has 0 bridgehead atoms. The highest BCUT2D eigenvalue weighted by molar-refractivity contribution is 7.89. The highest BCUT2D eigenvalue weighted by Crippen LogP contribution is 2.44. The minimum absolute atomic E-state index is 0.0368. The van der Waals surface area contributed by atoms with E-state index in [2.05, 4.69) is 36.4 Å². The van der Waals surface area contributed by atoms with Gasteiger partial charge in [0, 0.05) is 12.6 Å². The summed E-state index contributed by atoms with van der Waals surface area (Å²) in [7, 11) is -3.46. The van der Waals surface area contributed by atoms with E-state index in [4.69, 9.17) is 0 Å². The van der Waals surface area contributed by atoms with E-state index in [1.54, 1.807) is 16.4 Å². The molecule has 130 valence electrons. The smallest absolute Gasteiger partial charge is 0.207 e. The van der Waals surface area contributed by atoms with E-state index in [9.17, 15) is 8.42 Å². The lowest BCUT2D eigenvalue weighted by atomic mass is 9.77. The van der Waals surface area contributed by atoms with Crippen molar-refractivity contribution in [3.8, 4) is 0 Å². The van der Waals surface area contributed by atoms with Crippen LogP contribution in [-0.4, -0.2) is 25.3 Å². The topological polar surface area (TPSA) is 37.4 Å². The zero-order valence-corrected chi connectivity index (χ0v) is 15.2. The summed E-state index contributed by atoms with van der Waals surface area (Å²) in [6.45, 7) is 2.54. The SMILES string of the molecule is Cc1ccc(S(=O)(=O)N2CC[C@@H](c3ccccc3)[C@@H]3CC=C[C@@H]32)cc1. The van der Waals surface area contributed by atoms with Gasteiger partial charge in [0.15, 0.2) is 0 Å². The van der Waals surface area contributed by atoms with Gasteiger partial charge < -0.3 is 0 Å². The van der Waals surface area contributed by atoms with Crippen LogP contribution in [0.3, 0.4) is 0 Å². The molecule has 2 aliphatic rings. The van der Waals surface area contributed by atoms with Gasteiger partial charge in [-0.05, 0) is 49.3 Å². The van der Waals surface area contributed by atoms with E-state index >= 15 is 0 Å². The Bertz CT molecular complexity index is 872. The highest BCUT2D eigenvalue weighted by atomic mass is 32.2. The van der Waals surface area contributed by atoms with E-state index in [1.165, 1.54) is 5.56 Å². The number of benzene rings is 2. The molecule has 2 aromatic carbocycles. The molecule has 1 heterocycles. The Morgan fingerprint density at radius 2 is 1.72 bits per heavy atom. The Labute approximate surface area is 150 Å². The van der Waals surface area contributed by atoms with Crippen LogP contribution >= 0.6 is 0 Å². The number of rotatable bonds is 3. The van der Waals surface area contributed by atoms with Gasteiger partial charge >= 0.3 is 0 Å². The molecule has 0 aromatic heterocycles. The Kier molecular flexibility index (Phi) is 4.26. The fraction of sp³-hybridized carbons (Fsp3) is 0.333. The van der Waals surface area contributed by atoms with Crippen LogP contribution in [0.15, 0.2) is 71.6 Å². The molecule has 1 aliphatic carbocycles. The summed E-state index contributed by atoms with van der Waals surface area (Å²) in [6, 6.07) is 17.7. The number of allylic oxidation sites excluding steroid dienone is 1. The summed E-state index contributed by atoms with van der Waals surface area (Å²) >= 11 is 0.